The molecule has 0 bridgehead atoms. The van der Waals surface area contributed by atoms with Crippen molar-refractivity contribution in [1.29, 1.82) is 0 Å². The molecule has 3 aromatic heterocycles. The van der Waals surface area contributed by atoms with E-state index in [2.05, 4.69) is 15.6 Å². The van der Waals surface area contributed by atoms with E-state index in [0.29, 0.717) is 17.1 Å². The maximum absolute atomic E-state index is 14.7. The van der Waals surface area contributed by atoms with Gasteiger partial charge in [-0.15, -0.1) is 0 Å². The Morgan fingerprint density at radius 1 is 0.936 bits per heavy atom. The number of urea groups is 1. The number of fused-ring (bicyclic) bond motifs is 1. The second-order valence-corrected chi connectivity index (χ2v) is 14.2. The molecular weight excluding hydrogens is 617 g/mol. The minimum atomic E-state index is -4.08. The summed E-state index contributed by atoms with van der Waals surface area (Å²) in [4.78, 5) is 28.7. The highest BCUT2D eigenvalue weighted by atomic mass is 32.2. The molecular formula is C35H36FN7O3S. The highest BCUT2D eigenvalue weighted by Gasteiger charge is 2.28. The average molecular weight is 654 g/mol. The highest BCUT2D eigenvalue weighted by molar-refractivity contribution is 7.90. The molecule has 242 valence electrons. The van der Waals surface area contributed by atoms with Crippen molar-refractivity contribution in [1.82, 2.24) is 29.1 Å². The standard InChI is InChI=1S/C35H36FN7O3S/c1-23-12-14-28(15-13-23)47(45,46)43-22-30(29-18-25(36)21-37-34(29)43)33-40-31(24-8-3-2-4-9-24)20-32(41-33)38-26-10-7-11-27(19-26)39-35(44)42-16-5-6-17-42/h2-4,8-9,12-15,18,20-22,26-27H,5-7,10-11,16-17,19H2,1H3,(H,39,44)(H,38,40,41)/t26-,27+/m1/s1. The van der Waals surface area contributed by atoms with Crippen molar-refractivity contribution < 1.29 is 17.6 Å². The van der Waals surface area contributed by atoms with Crippen molar-refractivity contribution in [3.8, 4) is 22.6 Å². The molecule has 0 spiro atoms. The molecule has 12 heteroatoms. The van der Waals surface area contributed by atoms with Crippen LogP contribution in [-0.2, 0) is 10.0 Å². The van der Waals surface area contributed by atoms with Crippen LogP contribution in [-0.4, -0.2) is 63.4 Å². The quantitative estimate of drug-likeness (QED) is 0.209. The Kier molecular flexibility index (Phi) is 8.35. The van der Waals surface area contributed by atoms with Crippen molar-refractivity contribution in [2.45, 2.75) is 62.4 Å². The molecule has 1 saturated carbocycles. The lowest BCUT2D eigenvalue weighted by molar-refractivity contribution is 0.200. The monoisotopic (exact) mass is 653 g/mol. The van der Waals surface area contributed by atoms with Gasteiger partial charge in [0.1, 0.15) is 11.6 Å². The van der Waals surface area contributed by atoms with Gasteiger partial charge in [-0.2, -0.15) is 0 Å². The summed E-state index contributed by atoms with van der Waals surface area (Å²) < 4.78 is 43.4. The number of amides is 2. The SMILES string of the molecule is Cc1ccc(S(=O)(=O)n2cc(-c3nc(N[C@@H]4CCC[C@H](NC(=O)N5CCCC5)C4)cc(-c4ccccc4)n3)c3cc(F)cnc32)cc1. The van der Waals surface area contributed by atoms with Gasteiger partial charge in [-0.1, -0.05) is 48.0 Å². The molecule has 1 saturated heterocycles. The molecule has 7 rings (SSSR count). The minimum Gasteiger partial charge on any atom is -0.367 e. The molecule has 2 N–H and O–H groups in total. The first-order valence-electron chi connectivity index (χ1n) is 16.0. The van der Waals surface area contributed by atoms with Crippen LogP contribution < -0.4 is 10.6 Å². The highest BCUT2D eigenvalue weighted by Crippen LogP contribution is 2.34. The number of aryl methyl sites for hydroxylation is 1. The molecule has 5 aromatic rings. The molecule has 2 aromatic carbocycles. The van der Waals surface area contributed by atoms with Crippen LogP contribution in [0.25, 0.3) is 33.7 Å². The zero-order valence-electron chi connectivity index (χ0n) is 26.1. The second-order valence-electron chi connectivity index (χ2n) is 12.4. The van der Waals surface area contributed by atoms with E-state index < -0.39 is 15.8 Å². The summed E-state index contributed by atoms with van der Waals surface area (Å²) in [6.45, 7) is 3.48. The molecule has 2 aliphatic rings. The number of hydrogen-bond donors (Lipinski definition) is 2. The number of likely N-dealkylation sites (tertiary alicyclic amines) is 1. The Hall–Kier alpha value is -4.84. The van der Waals surface area contributed by atoms with Gasteiger partial charge in [0.05, 0.1) is 16.8 Å². The number of carbonyl (C=O) groups excluding carboxylic acids is 1. The minimum absolute atomic E-state index is 0.00153. The molecule has 0 radical (unpaired) electrons. The summed E-state index contributed by atoms with van der Waals surface area (Å²) in [5, 5.41) is 7.07. The normalized spacial score (nSPS) is 18.4. The van der Waals surface area contributed by atoms with E-state index in [1.807, 2.05) is 48.2 Å². The fourth-order valence-electron chi connectivity index (χ4n) is 6.48. The van der Waals surface area contributed by atoms with E-state index >= 15 is 0 Å². The van der Waals surface area contributed by atoms with E-state index in [9.17, 15) is 17.6 Å². The van der Waals surface area contributed by atoms with Crippen LogP contribution in [0.3, 0.4) is 0 Å². The molecule has 2 atom stereocenters. The van der Waals surface area contributed by atoms with Crippen LogP contribution in [0.4, 0.5) is 15.0 Å². The lowest BCUT2D eigenvalue weighted by atomic mass is 9.91. The van der Waals surface area contributed by atoms with Crippen LogP contribution in [0.15, 0.2) is 84.0 Å². The van der Waals surface area contributed by atoms with E-state index in [4.69, 9.17) is 9.97 Å². The largest absolute Gasteiger partial charge is 0.367 e. The van der Waals surface area contributed by atoms with Gasteiger partial charge in [-0.05, 0) is 63.6 Å². The first kappa shape index (κ1) is 30.8. The van der Waals surface area contributed by atoms with Crippen LogP contribution in [0, 0.1) is 12.7 Å². The molecule has 0 unspecified atom stereocenters. The van der Waals surface area contributed by atoms with Crippen LogP contribution in [0.1, 0.15) is 44.1 Å². The fraction of sp³-hybridized carbons (Fsp3) is 0.314. The Labute approximate surface area is 273 Å². The Balaban J connectivity index is 1.26. The summed E-state index contributed by atoms with van der Waals surface area (Å²) in [6, 6.07) is 19.4. The van der Waals surface area contributed by atoms with Crippen LogP contribution in [0.2, 0.25) is 0 Å². The second kappa shape index (κ2) is 12.7. The van der Waals surface area contributed by atoms with E-state index in [-0.39, 0.29) is 39.9 Å². The number of anilines is 1. The third-order valence-corrected chi connectivity index (χ3v) is 10.6. The van der Waals surface area contributed by atoms with E-state index in [1.54, 1.807) is 24.3 Å². The van der Waals surface area contributed by atoms with Gasteiger partial charge in [0.25, 0.3) is 10.0 Å². The fourth-order valence-corrected chi connectivity index (χ4v) is 7.81. The Bertz CT molecular complexity index is 2030. The van der Waals surface area contributed by atoms with Crippen LogP contribution >= 0.6 is 0 Å². The maximum Gasteiger partial charge on any atom is 0.317 e. The lowest BCUT2D eigenvalue weighted by Gasteiger charge is -2.32. The number of benzene rings is 2. The Morgan fingerprint density at radius 3 is 2.45 bits per heavy atom. The Morgan fingerprint density at radius 2 is 1.68 bits per heavy atom. The molecule has 2 fully saturated rings. The summed E-state index contributed by atoms with van der Waals surface area (Å²) in [5.74, 6) is 0.182. The number of halogens is 1. The van der Waals surface area contributed by atoms with Gasteiger partial charge in [-0.25, -0.2) is 36.5 Å². The smallest absolute Gasteiger partial charge is 0.317 e. The predicted molar refractivity (Wildman–Crippen MR) is 179 cm³/mol. The average Bonchev–Trinajstić information content (AvgIpc) is 3.75. The topological polar surface area (TPSA) is 122 Å². The van der Waals surface area contributed by atoms with Crippen molar-refractivity contribution in [2.75, 3.05) is 18.4 Å². The van der Waals surface area contributed by atoms with E-state index in [0.717, 1.165) is 72.9 Å². The van der Waals surface area contributed by atoms with Gasteiger partial charge in [0.2, 0.25) is 0 Å². The first-order valence-corrected chi connectivity index (χ1v) is 17.4. The molecule has 1 aliphatic heterocycles. The molecule has 1 aliphatic carbocycles. The van der Waals surface area contributed by atoms with Crippen molar-refractivity contribution in [3.63, 3.8) is 0 Å². The number of hydrogen-bond acceptors (Lipinski definition) is 7. The zero-order chi connectivity index (χ0) is 32.5. The lowest BCUT2D eigenvalue weighted by Crippen LogP contribution is -2.47. The van der Waals surface area contributed by atoms with Crippen LogP contribution in [0.5, 0.6) is 0 Å². The first-order chi connectivity index (χ1) is 22.7. The number of rotatable bonds is 7. The number of nitrogens with one attached hydrogen (secondary N) is 2. The van der Waals surface area contributed by atoms with Gasteiger partial charge in [-0.3, -0.25) is 0 Å². The molecule has 2 amide bonds. The number of pyridine rings is 1. The number of aromatic nitrogens is 4. The van der Waals surface area contributed by atoms with Gasteiger partial charge in [0, 0.05) is 53.9 Å². The summed E-state index contributed by atoms with van der Waals surface area (Å²) in [6.07, 6.45) is 8.01. The van der Waals surface area contributed by atoms with Gasteiger partial charge >= 0.3 is 6.03 Å². The number of nitrogens with zero attached hydrogens (tertiary/aromatic N) is 5. The third-order valence-electron chi connectivity index (χ3n) is 8.94. The van der Waals surface area contributed by atoms with Crippen molar-refractivity contribution in [2.24, 2.45) is 0 Å². The molecule has 10 nitrogen and oxygen atoms in total. The number of carbonyl (C=O) groups is 1. The molecule has 4 heterocycles. The van der Waals surface area contributed by atoms with Crippen molar-refractivity contribution >= 4 is 32.9 Å². The predicted octanol–water partition coefficient (Wildman–Crippen LogP) is 6.37. The third kappa shape index (κ3) is 6.42. The summed E-state index contributed by atoms with van der Waals surface area (Å²) >= 11 is 0. The zero-order valence-corrected chi connectivity index (χ0v) is 26.9. The molecule has 47 heavy (non-hydrogen) atoms. The van der Waals surface area contributed by atoms with E-state index in [1.165, 1.54) is 12.3 Å². The van der Waals surface area contributed by atoms with Crippen molar-refractivity contribution in [3.05, 3.63) is 90.5 Å². The summed E-state index contributed by atoms with van der Waals surface area (Å²) in [7, 11) is -4.08. The summed E-state index contributed by atoms with van der Waals surface area (Å²) in [5.41, 5.74) is 2.81. The maximum atomic E-state index is 14.7. The van der Waals surface area contributed by atoms with Gasteiger partial charge < -0.3 is 15.5 Å². The van der Waals surface area contributed by atoms with Gasteiger partial charge in [0.15, 0.2) is 11.5 Å².